The molecule has 1 heterocycles. The Bertz CT molecular complexity index is 556. The van der Waals surface area contributed by atoms with Gasteiger partial charge in [-0.05, 0) is 19.3 Å². The van der Waals surface area contributed by atoms with Gasteiger partial charge in [-0.2, -0.15) is 0 Å². The van der Waals surface area contributed by atoms with E-state index in [-0.39, 0.29) is 23.5 Å². The molecule has 2 aliphatic rings. The number of hydrogen-bond acceptors (Lipinski definition) is 4. The van der Waals surface area contributed by atoms with Gasteiger partial charge in [0, 0.05) is 44.4 Å². The Hall–Kier alpha value is -1.31. The summed E-state index contributed by atoms with van der Waals surface area (Å²) in [6.45, 7) is 3.47. The van der Waals surface area contributed by atoms with E-state index in [0.717, 1.165) is 25.8 Å². The second-order valence-electron chi connectivity index (χ2n) is 6.63. The molecule has 138 valence electrons. The maximum atomic E-state index is 12.4. The van der Waals surface area contributed by atoms with Crippen LogP contribution in [0.25, 0.3) is 0 Å². The van der Waals surface area contributed by atoms with Crippen LogP contribution in [0.4, 0.5) is 0 Å². The largest absolute Gasteiger partial charge is 0.355 e. The quantitative estimate of drug-likeness (QED) is 0.529. The lowest BCUT2D eigenvalue weighted by atomic mass is 10.1. The molecule has 0 aromatic heterocycles. The first-order valence-electron chi connectivity index (χ1n) is 8.91. The Morgan fingerprint density at radius 2 is 1.96 bits per heavy atom. The van der Waals surface area contributed by atoms with Crippen LogP contribution in [0.15, 0.2) is 4.99 Å². The number of guanidine groups is 1. The van der Waals surface area contributed by atoms with E-state index < -0.39 is 9.84 Å². The summed E-state index contributed by atoms with van der Waals surface area (Å²) in [5, 5.41) is 6.34. The van der Waals surface area contributed by atoms with Crippen molar-refractivity contribution in [2.24, 2.45) is 10.9 Å². The number of carbonyl (C=O) groups is 1. The molecule has 24 heavy (non-hydrogen) atoms. The summed E-state index contributed by atoms with van der Waals surface area (Å²) in [6.07, 6.45) is 5.30. The summed E-state index contributed by atoms with van der Waals surface area (Å²) in [5.41, 5.74) is 0. The van der Waals surface area contributed by atoms with Crippen LogP contribution in [-0.4, -0.2) is 69.4 Å². The number of rotatable bonds is 6. The predicted octanol–water partition coefficient (Wildman–Crippen LogP) is 0.377. The van der Waals surface area contributed by atoms with Gasteiger partial charge in [-0.3, -0.25) is 9.79 Å². The molecule has 7 nitrogen and oxygen atoms in total. The molecule has 2 N–H and O–H groups in total. The third-order valence-electron chi connectivity index (χ3n) is 4.91. The summed E-state index contributed by atoms with van der Waals surface area (Å²) in [5.74, 6) is 1.37. The van der Waals surface area contributed by atoms with Crippen LogP contribution in [-0.2, 0) is 14.6 Å². The fraction of sp³-hybridized carbons (Fsp3) is 0.875. The molecule has 0 aromatic carbocycles. The van der Waals surface area contributed by atoms with Crippen molar-refractivity contribution >= 4 is 21.7 Å². The molecule has 1 amide bonds. The molecule has 1 saturated heterocycles. The molecule has 8 heteroatoms. The fourth-order valence-corrected chi connectivity index (χ4v) is 4.07. The van der Waals surface area contributed by atoms with Crippen molar-refractivity contribution in [3.05, 3.63) is 0 Å². The Morgan fingerprint density at radius 3 is 2.58 bits per heavy atom. The number of likely N-dealkylation sites (tertiary alicyclic amines) is 1. The molecule has 0 aromatic rings. The molecule has 1 saturated carbocycles. The van der Waals surface area contributed by atoms with Crippen LogP contribution >= 0.6 is 0 Å². The van der Waals surface area contributed by atoms with Gasteiger partial charge in [0.15, 0.2) is 15.8 Å². The van der Waals surface area contributed by atoms with E-state index in [4.69, 9.17) is 0 Å². The van der Waals surface area contributed by atoms with Crippen molar-refractivity contribution < 1.29 is 13.2 Å². The normalized spacial score (nSPS) is 22.8. The third kappa shape index (κ3) is 5.36. The van der Waals surface area contributed by atoms with Crippen LogP contribution in [0.2, 0.25) is 0 Å². The molecular formula is C16H30N4O3S. The van der Waals surface area contributed by atoms with E-state index in [2.05, 4.69) is 15.6 Å². The van der Waals surface area contributed by atoms with E-state index >= 15 is 0 Å². The average molecular weight is 359 g/mol. The molecule has 2 fully saturated rings. The number of carbonyl (C=O) groups excluding carboxylic acids is 1. The van der Waals surface area contributed by atoms with Gasteiger partial charge >= 0.3 is 0 Å². The van der Waals surface area contributed by atoms with Crippen molar-refractivity contribution in [1.29, 1.82) is 0 Å². The summed E-state index contributed by atoms with van der Waals surface area (Å²) in [6, 6.07) is 0.171. The molecule has 0 bridgehead atoms. The second-order valence-corrected chi connectivity index (χ2v) is 9.10. The minimum Gasteiger partial charge on any atom is -0.355 e. The van der Waals surface area contributed by atoms with Gasteiger partial charge in [0.2, 0.25) is 5.91 Å². The first kappa shape index (κ1) is 19.0. The number of nitrogens with one attached hydrogen (secondary N) is 2. The maximum absolute atomic E-state index is 12.4. The molecule has 1 unspecified atom stereocenters. The summed E-state index contributed by atoms with van der Waals surface area (Å²) in [4.78, 5) is 18.6. The molecule has 0 radical (unpaired) electrons. The van der Waals surface area contributed by atoms with Gasteiger partial charge in [0.25, 0.3) is 0 Å². The van der Waals surface area contributed by atoms with Crippen molar-refractivity contribution in [3.63, 3.8) is 0 Å². The van der Waals surface area contributed by atoms with Crippen molar-refractivity contribution in [1.82, 2.24) is 15.5 Å². The SMILES string of the molecule is CCS(=O)(=O)CCNC(=NC)NC1CCN(C(=O)C2CCCC2)C1. The van der Waals surface area contributed by atoms with Crippen molar-refractivity contribution in [3.8, 4) is 0 Å². The smallest absolute Gasteiger partial charge is 0.225 e. The van der Waals surface area contributed by atoms with E-state index in [1.165, 1.54) is 12.8 Å². The number of hydrogen-bond donors (Lipinski definition) is 2. The van der Waals surface area contributed by atoms with Crippen LogP contribution in [0.1, 0.15) is 39.0 Å². The average Bonchev–Trinajstić information content (AvgIpc) is 3.25. The number of amides is 1. The van der Waals surface area contributed by atoms with E-state index in [1.807, 2.05) is 4.90 Å². The standard InChI is InChI=1S/C16H30N4O3S/c1-3-24(22,23)11-9-18-16(17-2)19-14-8-10-20(12-14)15(21)13-6-4-5-7-13/h13-14H,3-12H2,1-2H3,(H2,17,18,19). The molecule has 1 aliphatic carbocycles. The fourth-order valence-electron chi connectivity index (χ4n) is 3.37. The first-order valence-corrected chi connectivity index (χ1v) is 10.7. The van der Waals surface area contributed by atoms with Crippen molar-refractivity contribution in [2.75, 3.05) is 38.2 Å². The topological polar surface area (TPSA) is 90.9 Å². The Labute approximate surface area is 145 Å². The van der Waals surface area contributed by atoms with Gasteiger partial charge in [-0.1, -0.05) is 19.8 Å². The third-order valence-corrected chi connectivity index (χ3v) is 6.62. The van der Waals surface area contributed by atoms with Gasteiger partial charge < -0.3 is 15.5 Å². The summed E-state index contributed by atoms with van der Waals surface area (Å²) >= 11 is 0. The highest BCUT2D eigenvalue weighted by molar-refractivity contribution is 7.91. The van der Waals surface area contributed by atoms with Crippen LogP contribution in [0.3, 0.4) is 0 Å². The van der Waals surface area contributed by atoms with E-state index in [0.29, 0.717) is 25.0 Å². The van der Waals surface area contributed by atoms with Crippen molar-refractivity contribution in [2.45, 2.75) is 45.1 Å². The number of nitrogens with zero attached hydrogens (tertiary/aromatic N) is 2. The number of aliphatic imine (C=N–C) groups is 1. The lowest BCUT2D eigenvalue weighted by molar-refractivity contribution is -0.134. The minimum absolute atomic E-state index is 0.0984. The number of sulfone groups is 1. The van der Waals surface area contributed by atoms with Gasteiger partial charge in [0.05, 0.1) is 5.75 Å². The predicted molar refractivity (Wildman–Crippen MR) is 95.8 cm³/mol. The summed E-state index contributed by atoms with van der Waals surface area (Å²) < 4.78 is 23.0. The van der Waals surface area contributed by atoms with Crippen LogP contribution in [0, 0.1) is 5.92 Å². The highest BCUT2D eigenvalue weighted by Gasteiger charge is 2.32. The second kappa shape index (κ2) is 8.69. The lowest BCUT2D eigenvalue weighted by Gasteiger charge is -2.21. The minimum atomic E-state index is -2.98. The lowest BCUT2D eigenvalue weighted by Crippen LogP contribution is -2.46. The van der Waals surface area contributed by atoms with Gasteiger partial charge in [-0.25, -0.2) is 8.42 Å². The zero-order valence-corrected chi connectivity index (χ0v) is 15.6. The van der Waals surface area contributed by atoms with Gasteiger partial charge in [-0.15, -0.1) is 0 Å². The Morgan fingerprint density at radius 1 is 1.25 bits per heavy atom. The molecule has 0 spiro atoms. The Kier molecular flexibility index (Phi) is 6.89. The van der Waals surface area contributed by atoms with Gasteiger partial charge in [0.1, 0.15) is 0 Å². The molecule has 1 aliphatic heterocycles. The maximum Gasteiger partial charge on any atom is 0.225 e. The molecule has 1 atom stereocenters. The molecular weight excluding hydrogens is 328 g/mol. The Balaban J connectivity index is 1.75. The monoisotopic (exact) mass is 358 g/mol. The zero-order valence-electron chi connectivity index (χ0n) is 14.8. The highest BCUT2D eigenvalue weighted by atomic mass is 32.2. The molecule has 2 rings (SSSR count). The zero-order chi connectivity index (χ0) is 17.6. The van der Waals surface area contributed by atoms with E-state index in [1.54, 1.807) is 14.0 Å². The summed E-state index contributed by atoms with van der Waals surface area (Å²) in [7, 11) is -1.31. The van der Waals surface area contributed by atoms with E-state index in [9.17, 15) is 13.2 Å². The van der Waals surface area contributed by atoms with Crippen LogP contribution < -0.4 is 10.6 Å². The highest BCUT2D eigenvalue weighted by Crippen LogP contribution is 2.27. The first-order chi connectivity index (χ1) is 11.4. The van der Waals surface area contributed by atoms with Crippen LogP contribution in [0.5, 0.6) is 0 Å².